The highest BCUT2D eigenvalue weighted by Crippen LogP contribution is 2.20. The fraction of sp³-hybridized carbons (Fsp3) is 0.588. The van der Waals surface area contributed by atoms with Gasteiger partial charge in [0.25, 0.3) is 0 Å². The Morgan fingerprint density at radius 2 is 1.72 bits per heavy atom. The molecule has 0 radical (unpaired) electrons. The SMILES string of the molecule is Cl.Cl.O=C(CN1CCCNCC1)N1CCN(c2ccccc2F)CC1. The van der Waals surface area contributed by atoms with Crippen molar-refractivity contribution >= 4 is 36.4 Å². The highest BCUT2D eigenvalue weighted by atomic mass is 35.5. The molecule has 5 nitrogen and oxygen atoms in total. The maximum atomic E-state index is 13.8. The molecule has 2 heterocycles. The number of para-hydroxylation sites is 1. The molecule has 2 aliphatic rings. The zero-order valence-corrected chi connectivity index (χ0v) is 16.0. The Labute approximate surface area is 161 Å². The lowest BCUT2D eigenvalue weighted by Gasteiger charge is -2.37. The number of amides is 1. The molecule has 1 aromatic carbocycles. The number of hydrogen-bond acceptors (Lipinski definition) is 4. The van der Waals surface area contributed by atoms with Gasteiger partial charge in [0, 0.05) is 39.3 Å². The van der Waals surface area contributed by atoms with Gasteiger partial charge >= 0.3 is 0 Å². The molecule has 1 N–H and O–H groups in total. The number of nitrogens with zero attached hydrogens (tertiary/aromatic N) is 3. The van der Waals surface area contributed by atoms with E-state index in [1.54, 1.807) is 12.1 Å². The first-order valence-electron chi connectivity index (χ1n) is 8.44. The van der Waals surface area contributed by atoms with E-state index >= 15 is 0 Å². The fourth-order valence-electron chi connectivity index (χ4n) is 3.26. The van der Waals surface area contributed by atoms with Crippen molar-refractivity contribution in [2.45, 2.75) is 6.42 Å². The van der Waals surface area contributed by atoms with Crippen molar-refractivity contribution in [3.63, 3.8) is 0 Å². The summed E-state index contributed by atoms with van der Waals surface area (Å²) in [5, 5.41) is 3.35. The largest absolute Gasteiger partial charge is 0.366 e. The third-order valence-electron chi connectivity index (χ3n) is 4.62. The van der Waals surface area contributed by atoms with E-state index in [9.17, 15) is 9.18 Å². The number of anilines is 1. The van der Waals surface area contributed by atoms with Gasteiger partial charge in [0.2, 0.25) is 5.91 Å². The number of carbonyl (C=O) groups is 1. The van der Waals surface area contributed by atoms with Crippen LogP contribution >= 0.6 is 24.8 Å². The van der Waals surface area contributed by atoms with E-state index in [1.165, 1.54) is 6.07 Å². The second-order valence-corrected chi connectivity index (χ2v) is 6.20. The van der Waals surface area contributed by atoms with Crippen LogP contribution in [0, 0.1) is 5.82 Å². The van der Waals surface area contributed by atoms with Crippen molar-refractivity contribution in [1.82, 2.24) is 15.1 Å². The summed E-state index contributed by atoms with van der Waals surface area (Å²) in [6.45, 7) is 7.11. The fourth-order valence-corrected chi connectivity index (χ4v) is 3.26. The zero-order valence-electron chi connectivity index (χ0n) is 14.3. The van der Waals surface area contributed by atoms with Gasteiger partial charge < -0.3 is 15.1 Å². The molecule has 0 bridgehead atoms. The molecule has 2 fully saturated rings. The monoisotopic (exact) mass is 392 g/mol. The van der Waals surface area contributed by atoms with Gasteiger partial charge in [0.15, 0.2) is 0 Å². The molecule has 142 valence electrons. The van der Waals surface area contributed by atoms with E-state index in [4.69, 9.17) is 0 Å². The average molecular weight is 393 g/mol. The Kier molecular flexibility index (Phi) is 9.50. The van der Waals surface area contributed by atoms with Crippen molar-refractivity contribution in [2.24, 2.45) is 0 Å². The molecule has 2 saturated heterocycles. The molecule has 8 heteroatoms. The highest BCUT2D eigenvalue weighted by molar-refractivity contribution is 5.85. The first-order chi connectivity index (χ1) is 11.2. The van der Waals surface area contributed by atoms with Crippen LogP contribution in [-0.2, 0) is 4.79 Å². The number of benzene rings is 1. The Morgan fingerprint density at radius 3 is 2.44 bits per heavy atom. The van der Waals surface area contributed by atoms with E-state index in [-0.39, 0.29) is 36.5 Å². The molecular weight excluding hydrogens is 366 g/mol. The second-order valence-electron chi connectivity index (χ2n) is 6.20. The lowest BCUT2D eigenvalue weighted by Crippen LogP contribution is -2.51. The topological polar surface area (TPSA) is 38.8 Å². The maximum absolute atomic E-state index is 13.8. The van der Waals surface area contributed by atoms with Crippen LogP contribution in [-0.4, -0.2) is 74.6 Å². The van der Waals surface area contributed by atoms with Gasteiger partial charge in [0.1, 0.15) is 5.82 Å². The summed E-state index contributed by atoms with van der Waals surface area (Å²) in [5.41, 5.74) is 0.637. The minimum atomic E-state index is -0.190. The van der Waals surface area contributed by atoms with Crippen LogP contribution in [0.3, 0.4) is 0 Å². The molecule has 2 aliphatic heterocycles. The molecular formula is C17H27Cl2FN4O. The van der Waals surface area contributed by atoms with Gasteiger partial charge in [-0.25, -0.2) is 4.39 Å². The molecule has 0 saturated carbocycles. The van der Waals surface area contributed by atoms with Gasteiger partial charge in [-0.1, -0.05) is 12.1 Å². The first kappa shape index (κ1) is 22.0. The molecule has 25 heavy (non-hydrogen) atoms. The van der Waals surface area contributed by atoms with Crippen molar-refractivity contribution in [1.29, 1.82) is 0 Å². The van der Waals surface area contributed by atoms with E-state index in [0.717, 1.165) is 32.6 Å². The number of hydrogen-bond donors (Lipinski definition) is 1. The van der Waals surface area contributed by atoms with E-state index in [0.29, 0.717) is 38.4 Å². The molecule has 0 aliphatic carbocycles. The molecule has 0 spiro atoms. The van der Waals surface area contributed by atoms with E-state index in [1.807, 2.05) is 15.9 Å². The van der Waals surface area contributed by atoms with Crippen molar-refractivity contribution in [2.75, 3.05) is 63.8 Å². The third kappa shape index (κ3) is 5.99. The zero-order chi connectivity index (χ0) is 16.1. The Bertz CT molecular complexity index is 533. The van der Waals surface area contributed by atoms with Crippen LogP contribution in [0.4, 0.5) is 10.1 Å². The Morgan fingerprint density at radius 1 is 1.00 bits per heavy atom. The van der Waals surface area contributed by atoms with Crippen molar-refractivity contribution in [3.8, 4) is 0 Å². The standard InChI is InChI=1S/C17H25FN4O.2ClH/c18-15-4-1-2-5-16(15)21-10-12-22(13-11-21)17(23)14-20-8-3-6-19-7-9-20;;/h1-2,4-5,19H,3,6-14H2;2*1H. The molecule has 1 amide bonds. The summed E-state index contributed by atoms with van der Waals surface area (Å²) < 4.78 is 13.8. The van der Waals surface area contributed by atoms with Crippen molar-refractivity contribution < 1.29 is 9.18 Å². The second kappa shape index (κ2) is 10.8. The number of nitrogens with one attached hydrogen (secondary N) is 1. The number of piperazine rings is 1. The minimum absolute atomic E-state index is 0. The predicted molar refractivity (Wildman–Crippen MR) is 104 cm³/mol. The Balaban J connectivity index is 0.00000156. The first-order valence-corrected chi connectivity index (χ1v) is 8.44. The summed E-state index contributed by atoms with van der Waals surface area (Å²) in [7, 11) is 0. The van der Waals surface area contributed by atoms with Crippen LogP contribution in [0.15, 0.2) is 24.3 Å². The van der Waals surface area contributed by atoms with Gasteiger partial charge in [0.05, 0.1) is 12.2 Å². The molecule has 0 aromatic heterocycles. The summed E-state index contributed by atoms with van der Waals surface area (Å²) in [4.78, 5) is 18.6. The predicted octanol–water partition coefficient (Wildman–Crippen LogP) is 1.61. The van der Waals surface area contributed by atoms with Crippen LogP contribution < -0.4 is 10.2 Å². The smallest absolute Gasteiger partial charge is 0.236 e. The number of halogens is 3. The van der Waals surface area contributed by atoms with Crippen LogP contribution in [0.2, 0.25) is 0 Å². The lowest BCUT2D eigenvalue weighted by molar-refractivity contribution is -0.132. The van der Waals surface area contributed by atoms with Crippen LogP contribution in [0.25, 0.3) is 0 Å². The number of rotatable bonds is 3. The van der Waals surface area contributed by atoms with Crippen molar-refractivity contribution in [3.05, 3.63) is 30.1 Å². The summed E-state index contributed by atoms with van der Waals surface area (Å²) >= 11 is 0. The van der Waals surface area contributed by atoms with Gasteiger partial charge in [-0.05, 0) is 31.6 Å². The minimum Gasteiger partial charge on any atom is -0.366 e. The maximum Gasteiger partial charge on any atom is 0.236 e. The van der Waals surface area contributed by atoms with E-state index < -0.39 is 0 Å². The molecule has 1 aromatic rings. The summed E-state index contributed by atoms with van der Waals surface area (Å²) in [6, 6.07) is 6.84. The molecule has 0 atom stereocenters. The summed E-state index contributed by atoms with van der Waals surface area (Å²) in [5.74, 6) is 0.00410. The van der Waals surface area contributed by atoms with E-state index in [2.05, 4.69) is 10.2 Å². The average Bonchev–Trinajstić information content (AvgIpc) is 2.84. The van der Waals surface area contributed by atoms with Gasteiger partial charge in [-0.15, -0.1) is 24.8 Å². The highest BCUT2D eigenvalue weighted by Gasteiger charge is 2.24. The summed E-state index contributed by atoms with van der Waals surface area (Å²) in [6.07, 6.45) is 1.09. The lowest BCUT2D eigenvalue weighted by atomic mass is 10.2. The van der Waals surface area contributed by atoms with Crippen LogP contribution in [0.1, 0.15) is 6.42 Å². The quantitative estimate of drug-likeness (QED) is 0.847. The Hall–Kier alpha value is -1.08. The molecule has 0 unspecified atom stereocenters. The molecule has 3 rings (SSSR count). The van der Waals surface area contributed by atoms with Crippen LogP contribution in [0.5, 0.6) is 0 Å². The normalized spacial score (nSPS) is 18.8. The van der Waals surface area contributed by atoms with Gasteiger partial charge in [-0.3, -0.25) is 9.69 Å². The number of carbonyl (C=O) groups excluding carboxylic acids is 1. The third-order valence-corrected chi connectivity index (χ3v) is 4.62. The van der Waals surface area contributed by atoms with Gasteiger partial charge in [-0.2, -0.15) is 0 Å².